The first-order valence-electron chi connectivity index (χ1n) is 6.42. The van der Waals surface area contributed by atoms with E-state index in [0.717, 1.165) is 43.1 Å². The lowest BCUT2D eigenvalue weighted by molar-refractivity contribution is 0.714. The molecule has 2 aromatic heterocycles. The van der Waals surface area contributed by atoms with Crippen LogP contribution in [0.1, 0.15) is 24.6 Å². The average Bonchev–Trinajstić information content (AvgIpc) is 2.74. The Labute approximate surface area is 112 Å². The Bertz CT molecular complexity index is 509. The van der Waals surface area contributed by atoms with Crippen LogP contribution in [-0.4, -0.2) is 29.6 Å². The molecule has 0 saturated heterocycles. The maximum Gasteiger partial charge on any atom is 0.140 e. The SMILES string of the molecule is CCCN(CCCN)c1ncnc2sc(C)cc12. The Kier molecular flexibility index (Phi) is 4.49. The zero-order valence-corrected chi connectivity index (χ0v) is 11.8. The first-order chi connectivity index (χ1) is 8.76. The number of anilines is 1. The van der Waals surface area contributed by atoms with Gasteiger partial charge in [-0.3, -0.25) is 0 Å². The molecule has 18 heavy (non-hydrogen) atoms. The number of fused-ring (bicyclic) bond motifs is 1. The lowest BCUT2D eigenvalue weighted by Gasteiger charge is -2.23. The maximum atomic E-state index is 5.61. The Morgan fingerprint density at radius 1 is 1.33 bits per heavy atom. The van der Waals surface area contributed by atoms with E-state index in [1.165, 1.54) is 10.3 Å². The second kappa shape index (κ2) is 6.11. The van der Waals surface area contributed by atoms with E-state index in [9.17, 15) is 0 Å². The van der Waals surface area contributed by atoms with Crippen LogP contribution in [0.5, 0.6) is 0 Å². The second-order valence-electron chi connectivity index (χ2n) is 4.40. The van der Waals surface area contributed by atoms with E-state index in [0.29, 0.717) is 0 Å². The van der Waals surface area contributed by atoms with Gasteiger partial charge in [0.2, 0.25) is 0 Å². The minimum atomic E-state index is 0.719. The third kappa shape index (κ3) is 2.79. The number of hydrogen-bond donors (Lipinski definition) is 1. The highest BCUT2D eigenvalue weighted by molar-refractivity contribution is 7.18. The van der Waals surface area contributed by atoms with E-state index in [1.807, 2.05) is 0 Å². The molecule has 2 heterocycles. The third-order valence-electron chi connectivity index (χ3n) is 2.86. The third-order valence-corrected chi connectivity index (χ3v) is 3.82. The summed E-state index contributed by atoms with van der Waals surface area (Å²) in [6.07, 6.45) is 3.77. The van der Waals surface area contributed by atoms with Crippen LogP contribution in [0.2, 0.25) is 0 Å². The van der Waals surface area contributed by atoms with Crippen LogP contribution in [0.4, 0.5) is 5.82 Å². The molecule has 0 aliphatic heterocycles. The predicted octanol–water partition coefficient (Wildman–Crippen LogP) is 2.56. The van der Waals surface area contributed by atoms with Crippen LogP contribution in [-0.2, 0) is 0 Å². The average molecular weight is 264 g/mol. The van der Waals surface area contributed by atoms with Crippen molar-refractivity contribution in [2.75, 3.05) is 24.5 Å². The summed E-state index contributed by atoms with van der Waals surface area (Å²) in [7, 11) is 0. The van der Waals surface area contributed by atoms with E-state index in [1.54, 1.807) is 17.7 Å². The summed E-state index contributed by atoms with van der Waals surface area (Å²) < 4.78 is 0. The molecule has 5 heteroatoms. The minimum Gasteiger partial charge on any atom is -0.356 e. The van der Waals surface area contributed by atoms with E-state index in [4.69, 9.17) is 5.73 Å². The van der Waals surface area contributed by atoms with E-state index in [2.05, 4.69) is 34.8 Å². The molecule has 0 aromatic carbocycles. The zero-order valence-electron chi connectivity index (χ0n) is 11.0. The summed E-state index contributed by atoms with van der Waals surface area (Å²) >= 11 is 1.72. The molecule has 2 rings (SSSR count). The summed E-state index contributed by atoms with van der Waals surface area (Å²) in [5.74, 6) is 1.06. The number of thiophene rings is 1. The van der Waals surface area contributed by atoms with Gasteiger partial charge in [0, 0.05) is 18.0 Å². The predicted molar refractivity (Wildman–Crippen MR) is 78.3 cm³/mol. The van der Waals surface area contributed by atoms with Crippen molar-refractivity contribution in [3.8, 4) is 0 Å². The van der Waals surface area contributed by atoms with E-state index >= 15 is 0 Å². The molecule has 0 unspecified atom stereocenters. The number of hydrogen-bond acceptors (Lipinski definition) is 5. The monoisotopic (exact) mass is 264 g/mol. The second-order valence-corrected chi connectivity index (χ2v) is 5.64. The van der Waals surface area contributed by atoms with Crippen molar-refractivity contribution in [2.45, 2.75) is 26.7 Å². The van der Waals surface area contributed by atoms with Gasteiger partial charge in [-0.2, -0.15) is 0 Å². The Hall–Kier alpha value is -1.20. The van der Waals surface area contributed by atoms with Crippen LogP contribution < -0.4 is 10.6 Å². The number of nitrogens with zero attached hydrogens (tertiary/aromatic N) is 3. The van der Waals surface area contributed by atoms with Crippen LogP contribution in [0, 0.1) is 6.92 Å². The maximum absolute atomic E-state index is 5.61. The first kappa shape index (κ1) is 13.2. The van der Waals surface area contributed by atoms with Crippen LogP contribution in [0.15, 0.2) is 12.4 Å². The zero-order chi connectivity index (χ0) is 13.0. The molecule has 0 aliphatic carbocycles. The molecule has 0 amide bonds. The highest BCUT2D eigenvalue weighted by Gasteiger charge is 2.12. The topological polar surface area (TPSA) is 55.0 Å². The molecule has 4 nitrogen and oxygen atoms in total. The van der Waals surface area contributed by atoms with Crippen LogP contribution in [0.25, 0.3) is 10.2 Å². The van der Waals surface area contributed by atoms with Gasteiger partial charge in [0.1, 0.15) is 17.0 Å². The van der Waals surface area contributed by atoms with Crippen molar-refractivity contribution >= 4 is 27.4 Å². The van der Waals surface area contributed by atoms with Crippen molar-refractivity contribution in [1.82, 2.24) is 9.97 Å². The normalized spacial score (nSPS) is 11.1. The van der Waals surface area contributed by atoms with Gasteiger partial charge in [-0.15, -0.1) is 11.3 Å². The molecule has 0 saturated carbocycles. The van der Waals surface area contributed by atoms with E-state index < -0.39 is 0 Å². The quantitative estimate of drug-likeness (QED) is 0.871. The highest BCUT2D eigenvalue weighted by atomic mass is 32.1. The van der Waals surface area contributed by atoms with Crippen molar-refractivity contribution in [3.63, 3.8) is 0 Å². The van der Waals surface area contributed by atoms with E-state index in [-0.39, 0.29) is 0 Å². The largest absolute Gasteiger partial charge is 0.356 e. The summed E-state index contributed by atoms with van der Waals surface area (Å²) in [6.45, 7) is 7.00. The molecule has 2 aromatic rings. The molecule has 0 atom stereocenters. The lowest BCUT2D eigenvalue weighted by Crippen LogP contribution is -2.27. The van der Waals surface area contributed by atoms with Crippen molar-refractivity contribution in [2.24, 2.45) is 5.73 Å². The smallest absolute Gasteiger partial charge is 0.140 e. The minimum absolute atomic E-state index is 0.719. The van der Waals surface area contributed by atoms with Crippen molar-refractivity contribution in [3.05, 3.63) is 17.3 Å². The summed E-state index contributed by atoms with van der Waals surface area (Å²) in [5, 5.41) is 1.17. The fourth-order valence-electron chi connectivity index (χ4n) is 2.09. The van der Waals surface area contributed by atoms with Gasteiger partial charge >= 0.3 is 0 Å². The van der Waals surface area contributed by atoms with Crippen LogP contribution in [0.3, 0.4) is 0 Å². The Morgan fingerprint density at radius 2 is 2.17 bits per heavy atom. The Balaban J connectivity index is 2.36. The van der Waals surface area contributed by atoms with Gasteiger partial charge in [-0.25, -0.2) is 9.97 Å². The summed E-state index contributed by atoms with van der Waals surface area (Å²) in [5.41, 5.74) is 5.61. The van der Waals surface area contributed by atoms with Crippen LogP contribution >= 0.6 is 11.3 Å². The summed E-state index contributed by atoms with van der Waals surface area (Å²) in [4.78, 5) is 13.5. The molecule has 0 spiro atoms. The van der Waals surface area contributed by atoms with Gasteiger partial charge in [-0.1, -0.05) is 6.92 Å². The fraction of sp³-hybridized carbons (Fsp3) is 0.538. The summed E-state index contributed by atoms with van der Waals surface area (Å²) in [6, 6.07) is 2.18. The first-order valence-corrected chi connectivity index (χ1v) is 7.24. The molecular formula is C13H20N4S. The fourth-order valence-corrected chi connectivity index (χ4v) is 2.93. The van der Waals surface area contributed by atoms with Gasteiger partial charge in [0.15, 0.2) is 0 Å². The number of aromatic nitrogens is 2. The molecule has 0 bridgehead atoms. The van der Waals surface area contributed by atoms with Gasteiger partial charge in [0.05, 0.1) is 5.39 Å². The standard InChI is InChI=1S/C13H20N4S/c1-3-6-17(7-4-5-14)12-11-8-10(2)18-13(11)16-9-15-12/h8-9H,3-7,14H2,1-2H3. The van der Waals surface area contributed by atoms with Gasteiger partial charge in [0.25, 0.3) is 0 Å². The highest BCUT2D eigenvalue weighted by Crippen LogP contribution is 2.29. The lowest BCUT2D eigenvalue weighted by atomic mass is 10.3. The number of aryl methyl sites for hydroxylation is 1. The van der Waals surface area contributed by atoms with Crippen molar-refractivity contribution in [1.29, 1.82) is 0 Å². The van der Waals surface area contributed by atoms with Gasteiger partial charge in [-0.05, 0) is 32.4 Å². The molecule has 98 valence electrons. The number of nitrogens with two attached hydrogens (primary N) is 1. The molecule has 2 N–H and O–H groups in total. The molecule has 0 aliphatic rings. The van der Waals surface area contributed by atoms with Gasteiger partial charge < -0.3 is 10.6 Å². The van der Waals surface area contributed by atoms with Crippen molar-refractivity contribution < 1.29 is 0 Å². The Morgan fingerprint density at radius 3 is 2.89 bits per heavy atom. The molecule has 0 fully saturated rings. The molecular weight excluding hydrogens is 244 g/mol. The number of rotatable bonds is 6. The molecule has 0 radical (unpaired) electrons.